The van der Waals surface area contributed by atoms with Gasteiger partial charge in [-0.05, 0) is 36.4 Å². The number of hydrogen-bond acceptors (Lipinski definition) is 3. The molecule has 0 atom stereocenters. The minimum atomic E-state index is -0.418. The number of non-ortho nitro benzene ring substituents is 1. The number of nitrogens with one attached hydrogen (secondary N) is 1. The highest BCUT2D eigenvalue weighted by molar-refractivity contribution is 5.97. The van der Waals surface area contributed by atoms with Crippen molar-refractivity contribution in [1.82, 2.24) is 9.97 Å². The maximum Gasteiger partial charge on any atom is 0.278 e. The van der Waals surface area contributed by atoms with Gasteiger partial charge in [-0.2, -0.15) is 0 Å². The van der Waals surface area contributed by atoms with Gasteiger partial charge in [-0.3, -0.25) is 10.1 Å². The van der Waals surface area contributed by atoms with E-state index in [4.69, 9.17) is 0 Å². The molecule has 0 aliphatic carbocycles. The number of aromatic nitrogens is 2. The van der Waals surface area contributed by atoms with Crippen molar-refractivity contribution < 1.29 is 9.31 Å². The highest BCUT2D eigenvalue weighted by Crippen LogP contribution is 2.31. The van der Waals surface area contributed by atoms with Gasteiger partial charge in [0.2, 0.25) is 0 Å². The molecule has 5 nitrogen and oxygen atoms in total. The van der Waals surface area contributed by atoms with Crippen LogP contribution in [0.5, 0.6) is 0 Å². The third-order valence-corrected chi connectivity index (χ3v) is 3.83. The standard InChI is InChI=1S/C17H10FN3O2/c18-10-4-5-11-13(9-19-16(11)8-10)15-7-6-12-14(20-15)2-1-3-17(12)21(22)23/h1-9,19H. The highest BCUT2D eigenvalue weighted by Gasteiger charge is 2.14. The summed E-state index contributed by atoms with van der Waals surface area (Å²) in [7, 11) is 0. The van der Waals surface area contributed by atoms with Gasteiger partial charge in [0, 0.05) is 28.7 Å². The number of rotatable bonds is 2. The Bertz CT molecular complexity index is 1070. The van der Waals surface area contributed by atoms with Crippen molar-refractivity contribution in [3.05, 3.63) is 70.7 Å². The molecule has 0 amide bonds. The third kappa shape index (κ3) is 2.12. The summed E-state index contributed by atoms with van der Waals surface area (Å²) in [6.07, 6.45) is 1.76. The highest BCUT2D eigenvalue weighted by atomic mass is 19.1. The fourth-order valence-corrected chi connectivity index (χ4v) is 2.76. The van der Waals surface area contributed by atoms with Gasteiger partial charge in [-0.15, -0.1) is 0 Å². The first-order valence-electron chi connectivity index (χ1n) is 6.95. The predicted octanol–water partition coefficient (Wildman–Crippen LogP) is 4.43. The van der Waals surface area contributed by atoms with E-state index in [1.807, 2.05) is 0 Å². The molecule has 0 saturated heterocycles. The van der Waals surface area contributed by atoms with Crippen LogP contribution in [-0.4, -0.2) is 14.9 Å². The van der Waals surface area contributed by atoms with Crippen LogP contribution in [0.15, 0.2) is 54.7 Å². The van der Waals surface area contributed by atoms with Gasteiger partial charge in [0.1, 0.15) is 5.82 Å². The molecular formula is C17H10FN3O2. The molecule has 23 heavy (non-hydrogen) atoms. The van der Waals surface area contributed by atoms with Gasteiger partial charge in [0.05, 0.1) is 21.5 Å². The van der Waals surface area contributed by atoms with E-state index in [-0.39, 0.29) is 11.5 Å². The van der Waals surface area contributed by atoms with Gasteiger partial charge in [0.15, 0.2) is 0 Å². The summed E-state index contributed by atoms with van der Waals surface area (Å²) in [5.41, 5.74) is 2.76. The first-order valence-corrected chi connectivity index (χ1v) is 6.95. The molecule has 2 heterocycles. The van der Waals surface area contributed by atoms with Crippen LogP contribution < -0.4 is 0 Å². The number of nitro groups is 1. The number of H-pyrrole nitrogens is 1. The Morgan fingerprint density at radius 2 is 1.91 bits per heavy atom. The lowest BCUT2D eigenvalue weighted by molar-refractivity contribution is -0.383. The normalized spacial score (nSPS) is 11.2. The number of nitro benzene ring substituents is 1. The van der Waals surface area contributed by atoms with Crippen LogP contribution in [0.25, 0.3) is 33.1 Å². The Morgan fingerprint density at radius 1 is 1.09 bits per heavy atom. The monoisotopic (exact) mass is 307 g/mol. The molecule has 0 fully saturated rings. The number of aromatic amines is 1. The predicted molar refractivity (Wildman–Crippen MR) is 85.6 cm³/mol. The molecule has 0 saturated carbocycles. The molecule has 0 aliphatic heterocycles. The van der Waals surface area contributed by atoms with Crippen molar-refractivity contribution in [2.75, 3.05) is 0 Å². The molecule has 1 N–H and O–H groups in total. The smallest absolute Gasteiger partial charge is 0.278 e. The molecule has 4 rings (SSSR count). The number of benzene rings is 2. The van der Waals surface area contributed by atoms with Gasteiger partial charge in [0.25, 0.3) is 5.69 Å². The second kappa shape index (κ2) is 4.88. The molecule has 0 unspecified atom stereocenters. The van der Waals surface area contributed by atoms with Crippen molar-refractivity contribution in [2.24, 2.45) is 0 Å². The third-order valence-electron chi connectivity index (χ3n) is 3.83. The van der Waals surface area contributed by atoms with Crippen molar-refractivity contribution in [2.45, 2.75) is 0 Å². The van der Waals surface area contributed by atoms with Gasteiger partial charge in [-0.1, -0.05) is 6.07 Å². The van der Waals surface area contributed by atoms with Crippen LogP contribution >= 0.6 is 0 Å². The minimum absolute atomic E-state index is 0.0301. The molecule has 0 bridgehead atoms. The van der Waals surface area contributed by atoms with Gasteiger partial charge < -0.3 is 4.98 Å². The van der Waals surface area contributed by atoms with Crippen LogP contribution in [0.1, 0.15) is 0 Å². The molecule has 6 heteroatoms. The average Bonchev–Trinajstić information content (AvgIpc) is 2.96. The van der Waals surface area contributed by atoms with E-state index < -0.39 is 4.92 Å². The quantitative estimate of drug-likeness (QED) is 0.440. The number of halogens is 1. The Labute approximate surface area is 129 Å². The topological polar surface area (TPSA) is 71.8 Å². The van der Waals surface area contributed by atoms with E-state index in [0.29, 0.717) is 22.1 Å². The van der Waals surface area contributed by atoms with Crippen molar-refractivity contribution >= 4 is 27.5 Å². The van der Waals surface area contributed by atoms with E-state index in [1.54, 1.807) is 36.5 Å². The molecule has 0 radical (unpaired) electrons. The van der Waals surface area contributed by atoms with E-state index in [2.05, 4.69) is 9.97 Å². The van der Waals surface area contributed by atoms with Crippen molar-refractivity contribution in [1.29, 1.82) is 0 Å². The summed E-state index contributed by atoms with van der Waals surface area (Å²) in [6.45, 7) is 0. The summed E-state index contributed by atoms with van der Waals surface area (Å²) in [6, 6.07) is 12.7. The van der Waals surface area contributed by atoms with Gasteiger partial charge in [-0.25, -0.2) is 9.37 Å². The van der Waals surface area contributed by atoms with E-state index in [9.17, 15) is 14.5 Å². The van der Waals surface area contributed by atoms with Crippen LogP contribution in [0.2, 0.25) is 0 Å². The second-order valence-electron chi connectivity index (χ2n) is 5.19. The Balaban J connectivity index is 1.93. The van der Waals surface area contributed by atoms with Crippen LogP contribution in [0.4, 0.5) is 10.1 Å². The molecule has 0 spiro atoms. The van der Waals surface area contributed by atoms with E-state index in [1.165, 1.54) is 18.2 Å². The summed E-state index contributed by atoms with van der Waals surface area (Å²) in [4.78, 5) is 18.2. The largest absolute Gasteiger partial charge is 0.360 e. The maximum absolute atomic E-state index is 13.3. The number of fused-ring (bicyclic) bond motifs is 2. The second-order valence-corrected chi connectivity index (χ2v) is 5.19. The SMILES string of the molecule is O=[N+]([O-])c1cccc2nc(-c3c[nH]c4cc(F)ccc34)ccc12. The fraction of sp³-hybridized carbons (Fsp3) is 0. The maximum atomic E-state index is 13.3. The zero-order valence-electron chi connectivity index (χ0n) is 11.8. The summed E-state index contributed by atoms with van der Waals surface area (Å²) < 4.78 is 13.3. The Kier molecular flexibility index (Phi) is 2.84. The van der Waals surface area contributed by atoms with E-state index in [0.717, 1.165) is 10.9 Å². The van der Waals surface area contributed by atoms with Crippen molar-refractivity contribution in [3.63, 3.8) is 0 Å². The molecule has 112 valence electrons. The average molecular weight is 307 g/mol. The minimum Gasteiger partial charge on any atom is -0.360 e. The van der Waals surface area contributed by atoms with Gasteiger partial charge >= 0.3 is 0 Å². The molecule has 2 aromatic carbocycles. The van der Waals surface area contributed by atoms with E-state index >= 15 is 0 Å². The fourth-order valence-electron chi connectivity index (χ4n) is 2.76. The summed E-state index contributed by atoms with van der Waals surface area (Å²) in [5.74, 6) is -0.312. The number of nitrogens with zero attached hydrogens (tertiary/aromatic N) is 2. The van der Waals surface area contributed by atoms with Crippen LogP contribution in [0, 0.1) is 15.9 Å². The zero-order valence-corrected chi connectivity index (χ0v) is 11.8. The summed E-state index contributed by atoms with van der Waals surface area (Å²) in [5, 5.41) is 12.4. The van der Waals surface area contributed by atoms with Crippen LogP contribution in [0.3, 0.4) is 0 Å². The van der Waals surface area contributed by atoms with Crippen molar-refractivity contribution in [3.8, 4) is 11.3 Å². The number of pyridine rings is 1. The Hall–Kier alpha value is -3.28. The number of hydrogen-bond donors (Lipinski definition) is 1. The van der Waals surface area contributed by atoms with Crippen LogP contribution in [-0.2, 0) is 0 Å². The first-order chi connectivity index (χ1) is 11.1. The first kappa shape index (κ1) is 13.4. The lowest BCUT2D eigenvalue weighted by Gasteiger charge is -2.03. The lowest BCUT2D eigenvalue weighted by Crippen LogP contribution is -1.91. The lowest BCUT2D eigenvalue weighted by atomic mass is 10.1. The molecule has 0 aliphatic rings. The zero-order chi connectivity index (χ0) is 16.0. The Morgan fingerprint density at radius 3 is 2.74 bits per heavy atom. The molecule has 2 aromatic heterocycles. The summed E-state index contributed by atoms with van der Waals surface area (Å²) >= 11 is 0. The molecule has 4 aromatic rings. The molecular weight excluding hydrogens is 297 g/mol.